The lowest BCUT2D eigenvalue weighted by Gasteiger charge is -2.25. The van der Waals surface area contributed by atoms with Crippen LogP contribution >= 0.6 is 11.3 Å². The van der Waals surface area contributed by atoms with Crippen LogP contribution in [0.5, 0.6) is 0 Å². The van der Waals surface area contributed by atoms with E-state index in [2.05, 4.69) is 22.4 Å². The monoisotopic (exact) mass is 258 g/mol. The van der Waals surface area contributed by atoms with Crippen LogP contribution in [0, 0.1) is 0 Å². The van der Waals surface area contributed by atoms with Gasteiger partial charge in [-0.15, -0.1) is 11.3 Å². The summed E-state index contributed by atoms with van der Waals surface area (Å²) in [5.41, 5.74) is 4.20. The van der Waals surface area contributed by atoms with Crippen molar-refractivity contribution in [2.45, 2.75) is 18.9 Å². The quantitative estimate of drug-likeness (QED) is 0.917. The fourth-order valence-corrected chi connectivity index (χ4v) is 3.01. The Balaban J connectivity index is 1.83. The number of carbonyl (C=O) groups excluding carboxylic acids is 1. The van der Waals surface area contributed by atoms with Crippen molar-refractivity contribution >= 4 is 17.1 Å². The highest BCUT2D eigenvalue weighted by Gasteiger charge is 2.25. The maximum atomic E-state index is 12.4. The number of thiazole rings is 1. The SMILES string of the molecule is O=C(Cc1cncs1)C1CNCc2ccccc21. The van der Waals surface area contributed by atoms with E-state index in [-0.39, 0.29) is 11.7 Å². The van der Waals surface area contributed by atoms with E-state index in [1.165, 1.54) is 11.1 Å². The minimum atomic E-state index is -0.0166. The maximum Gasteiger partial charge on any atom is 0.146 e. The molecule has 0 amide bonds. The van der Waals surface area contributed by atoms with Crippen molar-refractivity contribution in [3.63, 3.8) is 0 Å². The number of benzene rings is 1. The zero-order valence-electron chi connectivity index (χ0n) is 9.93. The van der Waals surface area contributed by atoms with Gasteiger partial charge < -0.3 is 5.32 Å². The van der Waals surface area contributed by atoms with Crippen LogP contribution in [0.15, 0.2) is 36.0 Å². The van der Waals surface area contributed by atoms with Crippen LogP contribution in [-0.4, -0.2) is 17.3 Å². The van der Waals surface area contributed by atoms with Crippen LogP contribution in [0.1, 0.15) is 21.9 Å². The van der Waals surface area contributed by atoms with Crippen molar-refractivity contribution < 1.29 is 4.79 Å². The molecule has 4 heteroatoms. The molecule has 0 spiro atoms. The van der Waals surface area contributed by atoms with Crippen LogP contribution in [0.25, 0.3) is 0 Å². The highest BCUT2D eigenvalue weighted by atomic mass is 32.1. The first-order valence-corrected chi connectivity index (χ1v) is 6.91. The molecule has 0 bridgehead atoms. The van der Waals surface area contributed by atoms with Gasteiger partial charge in [0.05, 0.1) is 11.4 Å². The highest BCUT2D eigenvalue weighted by molar-refractivity contribution is 7.09. The first kappa shape index (κ1) is 11.6. The summed E-state index contributed by atoms with van der Waals surface area (Å²) in [6.45, 7) is 1.61. The van der Waals surface area contributed by atoms with Gasteiger partial charge in [0.2, 0.25) is 0 Å². The van der Waals surface area contributed by atoms with Gasteiger partial charge in [0.25, 0.3) is 0 Å². The number of nitrogens with one attached hydrogen (secondary N) is 1. The molecule has 0 saturated heterocycles. The number of aromatic nitrogens is 1. The third-order valence-electron chi connectivity index (χ3n) is 3.32. The molecule has 1 aliphatic heterocycles. The molecule has 1 unspecified atom stereocenters. The Kier molecular flexibility index (Phi) is 3.21. The fraction of sp³-hybridized carbons (Fsp3) is 0.286. The number of ketones is 1. The Morgan fingerprint density at radius 1 is 1.44 bits per heavy atom. The van der Waals surface area contributed by atoms with Crippen LogP contribution in [0.3, 0.4) is 0 Å². The first-order chi connectivity index (χ1) is 8.84. The van der Waals surface area contributed by atoms with E-state index in [9.17, 15) is 4.79 Å². The highest BCUT2D eigenvalue weighted by Crippen LogP contribution is 2.26. The van der Waals surface area contributed by atoms with E-state index in [0.29, 0.717) is 6.42 Å². The lowest BCUT2D eigenvalue weighted by molar-refractivity contribution is -0.119. The van der Waals surface area contributed by atoms with Gasteiger partial charge in [0, 0.05) is 30.6 Å². The minimum Gasteiger partial charge on any atom is -0.312 e. The van der Waals surface area contributed by atoms with E-state index in [1.807, 2.05) is 12.1 Å². The molecule has 0 radical (unpaired) electrons. The van der Waals surface area contributed by atoms with Gasteiger partial charge in [-0.25, -0.2) is 0 Å². The normalized spacial score (nSPS) is 18.3. The summed E-state index contributed by atoms with van der Waals surface area (Å²) in [6, 6.07) is 8.20. The number of fused-ring (bicyclic) bond motifs is 1. The molecular formula is C14H14N2OS. The van der Waals surface area contributed by atoms with Crippen LogP contribution in [0.4, 0.5) is 0 Å². The molecule has 3 rings (SSSR count). The fourth-order valence-electron chi connectivity index (χ4n) is 2.41. The largest absolute Gasteiger partial charge is 0.312 e. The number of Topliss-reactive ketones (excluding diaryl/α,β-unsaturated/α-hetero) is 1. The molecule has 3 nitrogen and oxygen atoms in total. The van der Waals surface area contributed by atoms with Crippen LogP contribution in [0.2, 0.25) is 0 Å². The third kappa shape index (κ3) is 2.21. The Labute approximate surface area is 110 Å². The summed E-state index contributed by atoms with van der Waals surface area (Å²) < 4.78 is 0. The van der Waals surface area contributed by atoms with E-state index in [0.717, 1.165) is 18.0 Å². The van der Waals surface area contributed by atoms with Gasteiger partial charge in [0.15, 0.2) is 0 Å². The number of nitrogens with zero attached hydrogens (tertiary/aromatic N) is 1. The Hall–Kier alpha value is -1.52. The van der Waals surface area contributed by atoms with Crippen molar-refractivity contribution in [2.24, 2.45) is 0 Å². The van der Waals surface area contributed by atoms with Crippen molar-refractivity contribution in [2.75, 3.05) is 6.54 Å². The second-order valence-corrected chi connectivity index (χ2v) is 5.46. The molecule has 2 heterocycles. The van der Waals surface area contributed by atoms with Gasteiger partial charge in [-0.05, 0) is 11.1 Å². The number of hydrogen-bond donors (Lipinski definition) is 1. The van der Waals surface area contributed by atoms with E-state index in [1.54, 1.807) is 23.0 Å². The van der Waals surface area contributed by atoms with Gasteiger partial charge in [-0.3, -0.25) is 9.78 Å². The molecule has 0 saturated carbocycles. The van der Waals surface area contributed by atoms with Crippen molar-refractivity contribution in [1.82, 2.24) is 10.3 Å². The molecule has 2 aromatic rings. The van der Waals surface area contributed by atoms with Gasteiger partial charge in [-0.2, -0.15) is 0 Å². The van der Waals surface area contributed by atoms with E-state index in [4.69, 9.17) is 0 Å². The minimum absolute atomic E-state index is 0.0166. The summed E-state index contributed by atoms with van der Waals surface area (Å²) in [5.74, 6) is 0.260. The summed E-state index contributed by atoms with van der Waals surface area (Å²) in [5, 5.41) is 3.32. The average Bonchev–Trinajstić information content (AvgIpc) is 2.91. The van der Waals surface area contributed by atoms with Gasteiger partial charge in [0.1, 0.15) is 5.78 Å². The number of hydrogen-bond acceptors (Lipinski definition) is 4. The zero-order valence-corrected chi connectivity index (χ0v) is 10.7. The topological polar surface area (TPSA) is 42.0 Å². The van der Waals surface area contributed by atoms with Crippen molar-refractivity contribution in [3.8, 4) is 0 Å². The lowest BCUT2D eigenvalue weighted by Crippen LogP contribution is -2.33. The molecular weight excluding hydrogens is 244 g/mol. The predicted molar refractivity (Wildman–Crippen MR) is 71.7 cm³/mol. The van der Waals surface area contributed by atoms with E-state index < -0.39 is 0 Å². The van der Waals surface area contributed by atoms with E-state index >= 15 is 0 Å². The van der Waals surface area contributed by atoms with Crippen molar-refractivity contribution in [3.05, 3.63) is 52.0 Å². The molecule has 1 aromatic heterocycles. The Morgan fingerprint density at radius 3 is 3.17 bits per heavy atom. The van der Waals surface area contributed by atoms with Crippen LogP contribution in [-0.2, 0) is 17.8 Å². The van der Waals surface area contributed by atoms with Gasteiger partial charge >= 0.3 is 0 Å². The summed E-state index contributed by atoms with van der Waals surface area (Å²) in [6.07, 6.45) is 2.27. The lowest BCUT2D eigenvalue weighted by atomic mass is 9.86. The standard InChI is InChI=1S/C14H14N2OS/c17-14(5-11-7-16-9-18-11)13-8-15-6-10-3-1-2-4-12(10)13/h1-4,7,9,13,15H,5-6,8H2. The zero-order chi connectivity index (χ0) is 12.4. The van der Waals surface area contributed by atoms with Crippen LogP contribution < -0.4 is 5.32 Å². The summed E-state index contributed by atoms with van der Waals surface area (Å²) in [4.78, 5) is 17.4. The molecule has 0 aliphatic carbocycles. The van der Waals surface area contributed by atoms with Gasteiger partial charge in [-0.1, -0.05) is 24.3 Å². The summed E-state index contributed by atoms with van der Waals surface area (Å²) in [7, 11) is 0. The molecule has 0 fully saturated rings. The smallest absolute Gasteiger partial charge is 0.146 e. The number of rotatable bonds is 3. The molecule has 92 valence electrons. The average molecular weight is 258 g/mol. The third-order valence-corrected chi connectivity index (χ3v) is 4.09. The Bertz CT molecular complexity index is 551. The predicted octanol–water partition coefficient (Wildman–Crippen LogP) is 2.14. The molecule has 1 aliphatic rings. The van der Waals surface area contributed by atoms with Crippen molar-refractivity contribution in [1.29, 1.82) is 0 Å². The summed E-state index contributed by atoms with van der Waals surface area (Å²) >= 11 is 1.54. The second-order valence-electron chi connectivity index (χ2n) is 4.49. The molecule has 1 N–H and O–H groups in total. The molecule has 18 heavy (non-hydrogen) atoms. The molecule has 1 aromatic carbocycles. The second kappa shape index (κ2) is 5.00. The maximum absolute atomic E-state index is 12.4. The molecule has 1 atom stereocenters. The Morgan fingerprint density at radius 2 is 2.33 bits per heavy atom. The first-order valence-electron chi connectivity index (χ1n) is 6.03. The number of carbonyl (C=O) groups is 1.